The van der Waals surface area contributed by atoms with Crippen LogP contribution < -0.4 is 10.6 Å². The normalized spacial score (nSPS) is 21.2. The van der Waals surface area contributed by atoms with Crippen LogP contribution in [0.2, 0.25) is 0 Å². The van der Waals surface area contributed by atoms with Gasteiger partial charge >= 0.3 is 0 Å². The molecular formula is C13H20N6O. The highest BCUT2D eigenvalue weighted by atomic mass is 16.4. The summed E-state index contributed by atoms with van der Waals surface area (Å²) in [6, 6.07) is 2.53. The highest BCUT2D eigenvalue weighted by Gasteiger charge is 2.31. The van der Waals surface area contributed by atoms with E-state index in [-0.39, 0.29) is 5.84 Å². The van der Waals surface area contributed by atoms with Gasteiger partial charge in [0.25, 0.3) is 0 Å². The lowest BCUT2D eigenvalue weighted by Gasteiger charge is -2.34. The fourth-order valence-electron chi connectivity index (χ4n) is 2.60. The zero-order chi connectivity index (χ0) is 14.1. The Balaban J connectivity index is 1.75. The number of anilines is 1. The van der Waals surface area contributed by atoms with Crippen LogP contribution in [0.1, 0.15) is 24.2 Å². The first kappa shape index (κ1) is 13.1. The fraction of sp³-hybridized carbons (Fsp3) is 0.615. The first-order valence-electron chi connectivity index (χ1n) is 7.00. The summed E-state index contributed by atoms with van der Waals surface area (Å²) in [6.07, 6.45) is 2.68. The lowest BCUT2D eigenvalue weighted by molar-refractivity contribution is 0.247. The Labute approximate surface area is 118 Å². The number of aryl methyl sites for hydroxylation is 1. The van der Waals surface area contributed by atoms with Crippen molar-refractivity contribution in [1.29, 1.82) is 0 Å². The van der Waals surface area contributed by atoms with Gasteiger partial charge in [-0.15, -0.1) is 0 Å². The molecule has 20 heavy (non-hydrogen) atoms. The molecule has 1 saturated carbocycles. The van der Waals surface area contributed by atoms with Crippen LogP contribution in [-0.4, -0.2) is 58.1 Å². The van der Waals surface area contributed by atoms with Crippen LogP contribution in [0.15, 0.2) is 11.2 Å². The first-order chi connectivity index (χ1) is 9.67. The van der Waals surface area contributed by atoms with Gasteiger partial charge in [0.15, 0.2) is 5.84 Å². The molecule has 2 aliphatic rings. The summed E-state index contributed by atoms with van der Waals surface area (Å²) in [5.74, 6) is 0.690. The van der Waals surface area contributed by atoms with Crippen molar-refractivity contribution < 1.29 is 5.21 Å². The Kier molecular flexibility index (Phi) is 3.43. The van der Waals surface area contributed by atoms with E-state index in [1.165, 1.54) is 12.8 Å². The molecule has 1 saturated heterocycles. The Morgan fingerprint density at radius 3 is 2.60 bits per heavy atom. The van der Waals surface area contributed by atoms with Gasteiger partial charge in [-0.25, -0.2) is 9.97 Å². The van der Waals surface area contributed by atoms with Crippen LogP contribution in [0, 0.1) is 6.92 Å². The summed E-state index contributed by atoms with van der Waals surface area (Å²) < 4.78 is 0. The molecule has 0 atom stereocenters. The van der Waals surface area contributed by atoms with Crippen LogP contribution >= 0.6 is 0 Å². The maximum atomic E-state index is 8.77. The number of nitrogens with zero attached hydrogens (tertiary/aromatic N) is 5. The maximum absolute atomic E-state index is 8.77. The van der Waals surface area contributed by atoms with Crippen molar-refractivity contribution in [1.82, 2.24) is 14.9 Å². The molecule has 7 nitrogen and oxygen atoms in total. The first-order valence-corrected chi connectivity index (χ1v) is 7.00. The minimum Gasteiger partial charge on any atom is -0.409 e. The van der Waals surface area contributed by atoms with Gasteiger partial charge in [0, 0.05) is 37.9 Å². The maximum Gasteiger partial charge on any atom is 0.226 e. The lowest BCUT2D eigenvalue weighted by Crippen LogP contribution is -2.48. The summed E-state index contributed by atoms with van der Waals surface area (Å²) in [4.78, 5) is 13.6. The predicted octanol–water partition coefficient (Wildman–Crippen LogP) is 0.164. The van der Waals surface area contributed by atoms with Crippen molar-refractivity contribution in [2.45, 2.75) is 25.8 Å². The summed E-state index contributed by atoms with van der Waals surface area (Å²) in [5, 5.41) is 11.8. The van der Waals surface area contributed by atoms with Gasteiger partial charge in [-0.1, -0.05) is 5.16 Å². The zero-order valence-corrected chi connectivity index (χ0v) is 11.7. The molecule has 1 aromatic rings. The van der Waals surface area contributed by atoms with Gasteiger partial charge in [0.05, 0.1) is 0 Å². The van der Waals surface area contributed by atoms with Crippen molar-refractivity contribution in [3.05, 3.63) is 17.5 Å². The zero-order valence-electron chi connectivity index (χ0n) is 11.7. The monoisotopic (exact) mass is 276 g/mol. The predicted molar refractivity (Wildman–Crippen MR) is 76.1 cm³/mol. The summed E-state index contributed by atoms with van der Waals surface area (Å²) in [5.41, 5.74) is 6.91. The minimum atomic E-state index is 0.0216. The Morgan fingerprint density at radius 1 is 1.30 bits per heavy atom. The third-order valence-electron chi connectivity index (χ3n) is 3.87. The molecule has 0 unspecified atom stereocenters. The van der Waals surface area contributed by atoms with Gasteiger partial charge in [-0.2, -0.15) is 0 Å². The molecule has 0 radical (unpaired) electrons. The van der Waals surface area contributed by atoms with Crippen molar-refractivity contribution in [2.75, 3.05) is 31.1 Å². The molecule has 3 rings (SSSR count). The Morgan fingerprint density at radius 2 is 2.00 bits per heavy atom. The standard InChI is InChI=1S/C13H20N6O/c1-9-8-11(12(14)17-20)16-13(15-9)19-6-4-18(5-7-19)10-2-3-10/h8,10,20H,2-7H2,1H3,(H2,14,17). The molecule has 3 N–H and O–H groups in total. The van der Waals surface area contributed by atoms with Crippen molar-refractivity contribution in [2.24, 2.45) is 10.9 Å². The topological polar surface area (TPSA) is 90.9 Å². The van der Waals surface area contributed by atoms with Gasteiger partial charge in [-0.05, 0) is 25.8 Å². The molecule has 1 aliphatic carbocycles. The van der Waals surface area contributed by atoms with Crippen molar-refractivity contribution >= 4 is 11.8 Å². The Bertz CT molecular complexity index is 520. The highest BCUT2D eigenvalue weighted by Crippen LogP contribution is 2.28. The van der Waals surface area contributed by atoms with E-state index < -0.39 is 0 Å². The van der Waals surface area contributed by atoms with E-state index in [1.54, 1.807) is 6.07 Å². The van der Waals surface area contributed by atoms with Crippen LogP contribution in [0.4, 0.5) is 5.95 Å². The SMILES string of the molecule is Cc1cc(/C(N)=N/O)nc(N2CCN(C3CC3)CC2)n1. The van der Waals surface area contributed by atoms with Crippen molar-refractivity contribution in [3.63, 3.8) is 0 Å². The van der Waals surface area contributed by atoms with Crippen LogP contribution in [0.25, 0.3) is 0 Å². The molecule has 2 fully saturated rings. The van der Waals surface area contributed by atoms with Crippen LogP contribution in [0.5, 0.6) is 0 Å². The Hall–Kier alpha value is -1.89. The number of nitrogens with two attached hydrogens (primary N) is 1. The van der Waals surface area contributed by atoms with Crippen molar-refractivity contribution in [3.8, 4) is 0 Å². The van der Waals surface area contributed by atoms with E-state index in [2.05, 4.69) is 24.9 Å². The number of rotatable bonds is 3. The van der Waals surface area contributed by atoms with Gasteiger partial charge in [0.2, 0.25) is 5.95 Å². The summed E-state index contributed by atoms with van der Waals surface area (Å²) in [6.45, 7) is 5.85. The molecule has 0 aromatic carbocycles. The second-order valence-corrected chi connectivity index (χ2v) is 5.43. The minimum absolute atomic E-state index is 0.0216. The molecule has 0 bridgehead atoms. The van der Waals surface area contributed by atoms with Gasteiger partial charge in [-0.3, -0.25) is 4.90 Å². The number of amidine groups is 1. The number of hydrogen-bond donors (Lipinski definition) is 2. The van der Waals surface area contributed by atoms with E-state index >= 15 is 0 Å². The van der Waals surface area contributed by atoms with E-state index in [4.69, 9.17) is 10.9 Å². The molecule has 1 aliphatic heterocycles. The molecule has 2 heterocycles. The van der Waals surface area contributed by atoms with Crippen LogP contribution in [-0.2, 0) is 0 Å². The lowest BCUT2D eigenvalue weighted by atomic mass is 10.3. The number of aromatic nitrogens is 2. The molecular weight excluding hydrogens is 256 g/mol. The second kappa shape index (κ2) is 5.24. The molecule has 108 valence electrons. The fourth-order valence-corrected chi connectivity index (χ4v) is 2.60. The highest BCUT2D eigenvalue weighted by molar-refractivity contribution is 5.95. The number of oxime groups is 1. The largest absolute Gasteiger partial charge is 0.409 e. The molecule has 0 spiro atoms. The summed E-state index contributed by atoms with van der Waals surface area (Å²) >= 11 is 0. The van der Waals surface area contributed by atoms with Gasteiger partial charge in [0.1, 0.15) is 5.69 Å². The van der Waals surface area contributed by atoms with E-state index in [9.17, 15) is 0 Å². The smallest absolute Gasteiger partial charge is 0.226 e. The van der Waals surface area contributed by atoms with E-state index in [0.717, 1.165) is 37.9 Å². The molecule has 0 amide bonds. The van der Waals surface area contributed by atoms with Crippen LogP contribution in [0.3, 0.4) is 0 Å². The number of hydrogen-bond acceptors (Lipinski definition) is 6. The second-order valence-electron chi connectivity index (χ2n) is 5.43. The van der Waals surface area contributed by atoms with Gasteiger partial charge < -0.3 is 15.8 Å². The third-order valence-corrected chi connectivity index (χ3v) is 3.87. The van der Waals surface area contributed by atoms with E-state index in [1.807, 2.05) is 6.92 Å². The number of piperazine rings is 1. The third kappa shape index (κ3) is 2.67. The molecule has 1 aromatic heterocycles. The average Bonchev–Trinajstić information content (AvgIpc) is 3.30. The molecule has 7 heteroatoms. The van der Waals surface area contributed by atoms with E-state index in [0.29, 0.717) is 11.6 Å². The average molecular weight is 276 g/mol. The quantitative estimate of drug-likeness (QED) is 0.354. The summed E-state index contributed by atoms with van der Waals surface area (Å²) in [7, 11) is 0.